The Balaban J connectivity index is 1.52. The summed E-state index contributed by atoms with van der Waals surface area (Å²) in [6, 6.07) is 19.8. The van der Waals surface area contributed by atoms with Crippen LogP contribution in [0.2, 0.25) is 0 Å². The van der Waals surface area contributed by atoms with Crippen LogP contribution in [-0.2, 0) is 6.54 Å². The average Bonchev–Trinajstić information content (AvgIpc) is 3.13. The summed E-state index contributed by atoms with van der Waals surface area (Å²) >= 11 is 0. The smallest absolute Gasteiger partial charge is 0.272 e. The van der Waals surface area contributed by atoms with Crippen LogP contribution in [0.4, 0.5) is 5.69 Å². The second kappa shape index (κ2) is 8.17. The zero-order chi connectivity index (χ0) is 23.1. The second-order valence-electron chi connectivity index (χ2n) is 8.41. The van der Waals surface area contributed by atoms with Crippen LogP contribution in [0.1, 0.15) is 67.7 Å². The predicted molar refractivity (Wildman–Crippen MR) is 129 cm³/mol. The van der Waals surface area contributed by atoms with Crippen molar-refractivity contribution in [2.75, 3.05) is 5.32 Å². The summed E-state index contributed by atoms with van der Waals surface area (Å²) in [6.07, 6.45) is 1.99. The Bertz CT molecular complexity index is 1450. The lowest BCUT2D eigenvalue weighted by molar-refractivity contribution is 0.0979. The molecule has 1 aliphatic carbocycles. The minimum atomic E-state index is -0.227. The molecule has 0 unspecified atom stereocenters. The van der Waals surface area contributed by atoms with Crippen molar-refractivity contribution in [3.63, 3.8) is 0 Å². The van der Waals surface area contributed by atoms with Crippen molar-refractivity contribution in [1.29, 1.82) is 0 Å². The van der Waals surface area contributed by atoms with E-state index in [0.717, 1.165) is 35.9 Å². The van der Waals surface area contributed by atoms with E-state index in [0.29, 0.717) is 33.6 Å². The molecule has 5 nitrogen and oxygen atoms in total. The Hall–Kier alpha value is -3.99. The molecule has 164 valence electrons. The van der Waals surface area contributed by atoms with Gasteiger partial charge in [-0.05, 0) is 43.2 Å². The van der Waals surface area contributed by atoms with Crippen LogP contribution < -0.4 is 5.32 Å². The number of amides is 1. The zero-order valence-electron chi connectivity index (χ0n) is 18.6. The molecule has 33 heavy (non-hydrogen) atoms. The number of anilines is 1. The Morgan fingerprint density at radius 2 is 1.48 bits per heavy atom. The molecule has 0 aliphatic heterocycles. The van der Waals surface area contributed by atoms with Crippen LogP contribution in [0.5, 0.6) is 0 Å². The molecule has 0 saturated heterocycles. The third-order valence-corrected chi connectivity index (χ3v) is 6.36. The van der Waals surface area contributed by atoms with Crippen LogP contribution in [-0.4, -0.2) is 22.0 Å². The molecule has 1 aromatic heterocycles. The van der Waals surface area contributed by atoms with Crippen LogP contribution in [0.25, 0.3) is 10.9 Å². The molecule has 1 amide bonds. The number of ketones is 2. The molecule has 1 heterocycles. The maximum absolute atomic E-state index is 13.4. The summed E-state index contributed by atoms with van der Waals surface area (Å²) in [5.74, 6) is -0.604. The van der Waals surface area contributed by atoms with Gasteiger partial charge in [0.2, 0.25) is 0 Å². The number of carbonyl (C=O) groups excluding carboxylic acids is 3. The fraction of sp³-hybridized carbons (Fsp3) is 0.179. The molecule has 0 fully saturated rings. The van der Waals surface area contributed by atoms with Gasteiger partial charge in [0.25, 0.3) is 5.91 Å². The molecule has 0 saturated carbocycles. The van der Waals surface area contributed by atoms with Crippen molar-refractivity contribution < 1.29 is 14.4 Å². The lowest BCUT2D eigenvalue weighted by Crippen LogP contribution is -2.22. The summed E-state index contributed by atoms with van der Waals surface area (Å²) in [7, 11) is 0. The highest BCUT2D eigenvalue weighted by Crippen LogP contribution is 2.30. The standard InChI is InChI=1S/C28H24N2O3/c1-3-4-15-30-24-12-8-7-9-19(24)17(2)25(30)28(33)29-18-13-14-22-23(16-18)27(32)21-11-6-5-10-20(21)26(22)31/h5-14,16H,3-4,15H2,1-2H3,(H,29,33). The van der Waals surface area contributed by atoms with Gasteiger partial charge in [-0.25, -0.2) is 0 Å². The van der Waals surface area contributed by atoms with E-state index in [-0.39, 0.29) is 17.5 Å². The molecule has 1 aliphatic rings. The van der Waals surface area contributed by atoms with Gasteiger partial charge in [-0.15, -0.1) is 0 Å². The maximum Gasteiger partial charge on any atom is 0.272 e. The monoisotopic (exact) mass is 436 g/mol. The van der Waals surface area contributed by atoms with Gasteiger partial charge >= 0.3 is 0 Å². The van der Waals surface area contributed by atoms with Gasteiger partial charge in [0.15, 0.2) is 11.6 Å². The molecule has 0 bridgehead atoms. The van der Waals surface area contributed by atoms with Gasteiger partial charge in [0.1, 0.15) is 5.69 Å². The van der Waals surface area contributed by atoms with E-state index in [1.54, 1.807) is 42.5 Å². The summed E-state index contributed by atoms with van der Waals surface area (Å²) in [4.78, 5) is 39.3. The van der Waals surface area contributed by atoms with Crippen molar-refractivity contribution in [3.05, 3.63) is 100 Å². The third kappa shape index (κ3) is 3.37. The highest BCUT2D eigenvalue weighted by molar-refractivity contribution is 6.28. The average molecular weight is 437 g/mol. The number of unbranched alkanes of at least 4 members (excludes halogenated alkanes) is 1. The van der Waals surface area contributed by atoms with Crippen molar-refractivity contribution in [3.8, 4) is 0 Å². The lowest BCUT2D eigenvalue weighted by atomic mass is 9.84. The number of nitrogens with one attached hydrogen (secondary N) is 1. The number of aromatic nitrogens is 1. The predicted octanol–water partition coefficient (Wildman–Crippen LogP) is 5.78. The Kier molecular flexibility index (Phi) is 5.17. The Morgan fingerprint density at radius 1 is 0.848 bits per heavy atom. The number of fused-ring (bicyclic) bond motifs is 3. The van der Waals surface area contributed by atoms with Crippen molar-refractivity contribution in [2.24, 2.45) is 0 Å². The molecular formula is C28H24N2O3. The van der Waals surface area contributed by atoms with E-state index >= 15 is 0 Å². The summed E-state index contributed by atoms with van der Waals surface area (Å²) in [5, 5.41) is 4.02. The number of rotatable bonds is 5. The molecule has 4 aromatic rings. The maximum atomic E-state index is 13.4. The quantitative estimate of drug-likeness (QED) is 0.380. The Morgan fingerprint density at radius 3 is 2.21 bits per heavy atom. The fourth-order valence-corrected chi connectivity index (χ4v) is 4.69. The van der Waals surface area contributed by atoms with Gasteiger partial charge in [0, 0.05) is 45.4 Å². The van der Waals surface area contributed by atoms with Gasteiger partial charge in [0.05, 0.1) is 0 Å². The van der Waals surface area contributed by atoms with Crippen LogP contribution in [0.3, 0.4) is 0 Å². The van der Waals surface area contributed by atoms with Crippen LogP contribution in [0, 0.1) is 6.92 Å². The van der Waals surface area contributed by atoms with E-state index in [2.05, 4.69) is 16.8 Å². The molecule has 0 radical (unpaired) electrons. The number of hydrogen-bond acceptors (Lipinski definition) is 3. The lowest BCUT2D eigenvalue weighted by Gasteiger charge is -2.18. The first kappa shape index (κ1) is 20.9. The molecule has 3 aromatic carbocycles. The van der Waals surface area contributed by atoms with Gasteiger partial charge in [-0.3, -0.25) is 14.4 Å². The number of nitrogens with zero attached hydrogens (tertiary/aromatic N) is 1. The largest absolute Gasteiger partial charge is 0.336 e. The molecule has 5 heteroatoms. The minimum Gasteiger partial charge on any atom is -0.336 e. The zero-order valence-corrected chi connectivity index (χ0v) is 18.6. The normalized spacial score (nSPS) is 12.5. The summed E-state index contributed by atoms with van der Waals surface area (Å²) < 4.78 is 2.08. The van der Waals surface area contributed by atoms with E-state index in [1.807, 2.05) is 31.2 Å². The molecular weight excluding hydrogens is 412 g/mol. The summed E-state index contributed by atoms with van der Waals surface area (Å²) in [6.45, 7) is 4.84. The molecule has 0 spiro atoms. The number of aryl methyl sites for hydroxylation is 2. The first-order chi connectivity index (χ1) is 16.0. The molecule has 0 atom stereocenters. The van der Waals surface area contributed by atoms with E-state index in [9.17, 15) is 14.4 Å². The highest BCUT2D eigenvalue weighted by atomic mass is 16.2. The van der Waals surface area contributed by atoms with Crippen LogP contribution in [0.15, 0.2) is 66.7 Å². The minimum absolute atomic E-state index is 0.173. The number of carbonyl (C=O) groups is 3. The first-order valence-corrected chi connectivity index (χ1v) is 11.2. The van der Waals surface area contributed by atoms with Crippen molar-refractivity contribution in [1.82, 2.24) is 4.57 Å². The number of benzene rings is 3. The Labute approximate surface area is 192 Å². The van der Waals surface area contributed by atoms with E-state index < -0.39 is 0 Å². The SMILES string of the molecule is CCCCn1c(C(=O)Nc2ccc3c(c2)C(=O)c2ccccc2C3=O)c(C)c2ccccc21. The van der Waals surface area contributed by atoms with E-state index in [1.165, 1.54) is 0 Å². The molecule has 1 N–H and O–H groups in total. The van der Waals surface area contributed by atoms with Gasteiger partial charge < -0.3 is 9.88 Å². The highest BCUT2D eigenvalue weighted by Gasteiger charge is 2.29. The topological polar surface area (TPSA) is 68.2 Å². The number of hydrogen-bond donors (Lipinski definition) is 1. The number of para-hydroxylation sites is 1. The third-order valence-electron chi connectivity index (χ3n) is 6.36. The van der Waals surface area contributed by atoms with Crippen molar-refractivity contribution >= 4 is 34.1 Å². The molecule has 5 rings (SSSR count). The fourth-order valence-electron chi connectivity index (χ4n) is 4.69. The van der Waals surface area contributed by atoms with Gasteiger partial charge in [-0.1, -0.05) is 55.8 Å². The van der Waals surface area contributed by atoms with Crippen molar-refractivity contribution in [2.45, 2.75) is 33.2 Å². The van der Waals surface area contributed by atoms with E-state index in [4.69, 9.17) is 0 Å². The summed E-state index contributed by atoms with van der Waals surface area (Å²) in [5.41, 5.74) is 4.58. The second-order valence-corrected chi connectivity index (χ2v) is 8.41. The van der Waals surface area contributed by atoms with Crippen LogP contribution >= 0.6 is 0 Å². The first-order valence-electron chi connectivity index (χ1n) is 11.2. The van der Waals surface area contributed by atoms with Gasteiger partial charge in [-0.2, -0.15) is 0 Å².